The summed E-state index contributed by atoms with van der Waals surface area (Å²) in [5.41, 5.74) is 1.19. The minimum Gasteiger partial charge on any atom is -0.497 e. The molecule has 0 aliphatic carbocycles. The lowest BCUT2D eigenvalue weighted by molar-refractivity contribution is -0.384. The number of hydrogen-bond donors (Lipinski definition) is 0. The van der Waals surface area contributed by atoms with Crippen LogP contribution >= 0.6 is 0 Å². The normalized spacial score (nSPS) is 14.7. The minimum atomic E-state index is -0.377. The van der Waals surface area contributed by atoms with E-state index in [9.17, 15) is 10.1 Å². The molecule has 1 aromatic carbocycles. The van der Waals surface area contributed by atoms with E-state index >= 15 is 0 Å². The Bertz CT molecular complexity index is 682. The average Bonchev–Trinajstić information content (AvgIpc) is 2.62. The molecule has 0 spiro atoms. The molecule has 0 radical (unpaired) electrons. The molecule has 7 heteroatoms. The van der Waals surface area contributed by atoms with Crippen molar-refractivity contribution in [2.45, 2.75) is 0 Å². The Labute approximate surface area is 134 Å². The van der Waals surface area contributed by atoms with Gasteiger partial charge in [0.25, 0.3) is 0 Å². The molecule has 0 bridgehead atoms. The lowest BCUT2D eigenvalue weighted by Crippen LogP contribution is -2.47. The van der Waals surface area contributed by atoms with Crippen molar-refractivity contribution in [1.82, 2.24) is 4.98 Å². The van der Waals surface area contributed by atoms with Crippen molar-refractivity contribution in [3.8, 4) is 5.75 Å². The zero-order chi connectivity index (χ0) is 16.2. The first-order chi connectivity index (χ1) is 11.2. The maximum atomic E-state index is 11.1. The minimum absolute atomic E-state index is 0.0606. The molecule has 23 heavy (non-hydrogen) atoms. The standard InChI is InChI=1S/C16H18N4O3/c1-23-14-6-4-13(5-7-14)18-9-11-19(12-10-18)16-15(20(21)22)3-2-8-17-16/h2-8H,9-12H2,1H3. The van der Waals surface area contributed by atoms with Gasteiger partial charge in [-0.1, -0.05) is 0 Å². The molecule has 1 aliphatic rings. The third-order valence-electron chi connectivity index (χ3n) is 3.98. The highest BCUT2D eigenvalue weighted by atomic mass is 16.6. The molecule has 1 saturated heterocycles. The van der Waals surface area contributed by atoms with E-state index in [1.54, 1.807) is 19.4 Å². The number of hydrogen-bond acceptors (Lipinski definition) is 6. The second kappa shape index (κ2) is 6.51. The summed E-state index contributed by atoms with van der Waals surface area (Å²) >= 11 is 0. The topological polar surface area (TPSA) is 71.7 Å². The van der Waals surface area contributed by atoms with E-state index in [0.717, 1.165) is 24.5 Å². The van der Waals surface area contributed by atoms with Gasteiger partial charge in [0, 0.05) is 44.1 Å². The van der Waals surface area contributed by atoms with Crippen molar-refractivity contribution in [2.24, 2.45) is 0 Å². The van der Waals surface area contributed by atoms with Crippen LogP contribution in [0.4, 0.5) is 17.2 Å². The molecule has 1 aromatic heterocycles. The van der Waals surface area contributed by atoms with Crippen molar-refractivity contribution in [3.05, 3.63) is 52.7 Å². The summed E-state index contributed by atoms with van der Waals surface area (Å²) in [6.07, 6.45) is 1.60. The summed E-state index contributed by atoms with van der Waals surface area (Å²) in [5, 5.41) is 11.1. The van der Waals surface area contributed by atoms with Gasteiger partial charge in [0.05, 0.1) is 12.0 Å². The first-order valence-electron chi connectivity index (χ1n) is 7.42. The number of methoxy groups -OCH3 is 1. The van der Waals surface area contributed by atoms with E-state index in [4.69, 9.17) is 4.74 Å². The number of nitrogens with zero attached hydrogens (tertiary/aromatic N) is 4. The molecule has 2 heterocycles. The summed E-state index contributed by atoms with van der Waals surface area (Å²) in [6, 6.07) is 11.0. The maximum absolute atomic E-state index is 11.1. The van der Waals surface area contributed by atoms with Crippen LogP contribution in [0.15, 0.2) is 42.6 Å². The first kappa shape index (κ1) is 15.1. The van der Waals surface area contributed by atoms with Crippen LogP contribution < -0.4 is 14.5 Å². The highest BCUT2D eigenvalue weighted by molar-refractivity contribution is 5.59. The third kappa shape index (κ3) is 3.18. The van der Waals surface area contributed by atoms with Gasteiger partial charge >= 0.3 is 5.69 Å². The van der Waals surface area contributed by atoms with Gasteiger partial charge in [0.2, 0.25) is 5.82 Å². The molecular formula is C16H18N4O3. The highest BCUT2D eigenvalue weighted by Crippen LogP contribution is 2.27. The predicted molar refractivity (Wildman–Crippen MR) is 88.3 cm³/mol. The van der Waals surface area contributed by atoms with Crippen LogP contribution in [0, 0.1) is 10.1 Å². The lowest BCUT2D eigenvalue weighted by atomic mass is 10.2. The molecule has 0 N–H and O–H groups in total. The average molecular weight is 314 g/mol. The molecule has 0 unspecified atom stereocenters. The van der Waals surface area contributed by atoms with Crippen LogP contribution in [0.5, 0.6) is 5.75 Å². The Balaban J connectivity index is 1.70. The van der Waals surface area contributed by atoms with Gasteiger partial charge in [0.1, 0.15) is 5.75 Å². The Hall–Kier alpha value is -2.83. The fourth-order valence-corrected chi connectivity index (χ4v) is 2.74. The summed E-state index contributed by atoms with van der Waals surface area (Å²) in [4.78, 5) is 19.2. The second-order valence-electron chi connectivity index (χ2n) is 5.28. The van der Waals surface area contributed by atoms with E-state index in [2.05, 4.69) is 9.88 Å². The summed E-state index contributed by atoms with van der Waals surface area (Å²) in [6.45, 7) is 2.98. The number of ether oxygens (including phenoxy) is 1. The van der Waals surface area contributed by atoms with Gasteiger partial charge < -0.3 is 14.5 Å². The van der Waals surface area contributed by atoms with Gasteiger partial charge in [0.15, 0.2) is 0 Å². The molecule has 3 rings (SSSR count). The van der Waals surface area contributed by atoms with E-state index in [-0.39, 0.29) is 10.6 Å². The first-order valence-corrected chi connectivity index (χ1v) is 7.42. The number of aromatic nitrogens is 1. The largest absolute Gasteiger partial charge is 0.497 e. The third-order valence-corrected chi connectivity index (χ3v) is 3.98. The van der Waals surface area contributed by atoms with Crippen LogP contribution in [-0.2, 0) is 0 Å². The van der Waals surface area contributed by atoms with Crippen molar-refractivity contribution in [2.75, 3.05) is 43.1 Å². The van der Waals surface area contributed by atoms with Crippen molar-refractivity contribution in [1.29, 1.82) is 0 Å². The number of nitro groups is 1. The molecule has 120 valence electrons. The number of piperazine rings is 1. The van der Waals surface area contributed by atoms with E-state index in [1.165, 1.54) is 6.07 Å². The van der Waals surface area contributed by atoms with E-state index < -0.39 is 0 Å². The second-order valence-corrected chi connectivity index (χ2v) is 5.28. The highest BCUT2D eigenvalue weighted by Gasteiger charge is 2.24. The molecule has 0 amide bonds. The number of anilines is 2. The van der Waals surface area contributed by atoms with Gasteiger partial charge in [-0.3, -0.25) is 10.1 Å². The lowest BCUT2D eigenvalue weighted by Gasteiger charge is -2.36. The quantitative estimate of drug-likeness (QED) is 0.637. The Morgan fingerprint density at radius 3 is 2.35 bits per heavy atom. The maximum Gasteiger partial charge on any atom is 0.311 e. The Kier molecular flexibility index (Phi) is 4.27. The van der Waals surface area contributed by atoms with Gasteiger partial charge in [-0.05, 0) is 30.3 Å². The van der Waals surface area contributed by atoms with Crippen LogP contribution in [0.3, 0.4) is 0 Å². The monoisotopic (exact) mass is 314 g/mol. The molecule has 0 atom stereocenters. The zero-order valence-corrected chi connectivity index (χ0v) is 12.9. The Morgan fingerprint density at radius 2 is 1.74 bits per heavy atom. The van der Waals surface area contributed by atoms with Crippen molar-refractivity contribution < 1.29 is 9.66 Å². The van der Waals surface area contributed by atoms with Gasteiger partial charge in [-0.25, -0.2) is 4.98 Å². The van der Waals surface area contributed by atoms with E-state index in [0.29, 0.717) is 18.9 Å². The van der Waals surface area contributed by atoms with Crippen LogP contribution in [-0.4, -0.2) is 43.2 Å². The van der Waals surface area contributed by atoms with Crippen molar-refractivity contribution in [3.63, 3.8) is 0 Å². The van der Waals surface area contributed by atoms with Crippen LogP contribution in [0.2, 0.25) is 0 Å². The Morgan fingerprint density at radius 1 is 1.09 bits per heavy atom. The molecule has 1 fully saturated rings. The van der Waals surface area contributed by atoms with Crippen LogP contribution in [0.1, 0.15) is 0 Å². The fraction of sp³-hybridized carbons (Fsp3) is 0.312. The molecule has 2 aromatic rings. The van der Waals surface area contributed by atoms with Gasteiger partial charge in [-0.15, -0.1) is 0 Å². The number of pyridine rings is 1. The van der Waals surface area contributed by atoms with E-state index in [1.807, 2.05) is 29.2 Å². The van der Waals surface area contributed by atoms with Crippen molar-refractivity contribution >= 4 is 17.2 Å². The zero-order valence-electron chi connectivity index (χ0n) is 12.9. The summed E-state index contributed by atoms with van der Waals surface area (Å²) < 4.78 is 5.17. The molecular weight excluding hydrogens is 296 g/mol. The molecule has 1 aliphatic heterocycles. The summed E-state index contributed by atoms with van der Waals surface area (Å²) in [5.74, 6) is 1.28. The number of rotatable bonds is 4. The molecule has 7 nitrogen and oxygen atoms in total. The molecule has 0 saturated carbocycles. The fourth-order valence-electron chi connectivity index (χ4n) is 2.74. The number of benzene rings is 1. The smallest absolute Gasteiger partial charge is 0.311 e. The van der Waals surface area contributed by atoms with Crippen LogP contribution in [0.25, 0.3) is 0 Å². The van der Waals surface area contributed by atoms with Gasteiger partial charge in [-0.2, -0.15) is 0 Å². The summed E-state index contributed by atoms with van der Waals surface area (Å²) in [7, 11) is 1.65. The SMILES string of the molecule is COc1ccc(N2CCN(c3ncccc3[N+](=O)[O-])CC2)cc1. The predicted octanol–water partition coefficient (Wildman–Crippen LogP) is 2.33.